The first-order valence-electron chi connectivity index (χ1n) is 6.47. The van der Waals surface area contributed by atoms with Gasteiger partial charge >= 0.3 is 5.82 Å². The van der Waals surface area contributed by atoms with Crippen LogP contribution in [0.1, 0.15) is 16.2 Å². The normalized spacial score (nSPS) is 10.6. The van der Waals surface area contributed by atoms with Crippen LogP contribution in [0.2, 0.25) is 0 Å². The fourth-order valence-corrected chi connectivity index (χ4v) is 2.18. The van der Waals surface area contributed by atoms with Crippen molar-refractivity contribution in [3.05, 3.63) is 58.0 Å². The van der Waals surface area contributed by atoms with E-state index in [1.807, 2.05) is 6.07 Å². The van der Waals surface area contributed by atoms with Crippen LogP contribution < -0.4 is 4.57 Å². The second-order valence-electron chi connectivity index (χ2n) is 4.58. The Bertz CT molecular complexity index is 664. The zero-order chi connectivity index (χ0) is 15.4. The van der Waals surface area contributed by atoms with Crippen LogP contribution in [0.5, 0.6) is 0 Å². The van der Waals surface area contributed by atoms with Crippen molar-refractivity contribution in [2.75, 3.05) is 6.61 Å². The first-order valence-corrected chi connectivity index (χ1v) is 6.47. The molecule has 0 aliphatic rings. The van der Waals surface area contributed by atoms with Gasteiger partial charge in [-0.3, -0.25) is 4.79 Å². The molecule has 0 fully saturated rings. The van der Waals surface area contributed by atoms with E-state index in [0.29, 0.717) is 11.4 Å². The molecule has 2 aromatic rings. The molecule has 7 heteroatoms. The van der Waals surface area contributed by atoms with E-state index in [-0.39, 0.29) is 31.3 Å². The Labute approximate surface area is 121 Å². The molecular weight excluding hydrogens is 274 g/mol. The molecule has 110 valence electrons. The van der Waals surface area contributed by atoms with E-state index in [1.54, 1.807) is 31.2 Å². The van der Waals surface area contributed by atoms with Gasteiger partial charge in [-0.25, -0.2) is 4.57 Å². The van der Waals surface area contributed by atoms with Crippen LogP contribution in [0.4, 0.5) is 5.82 Å². The molecule has 0 radical (unpaired) electrons. The fraction of sp³-hybridized carbons (Fsp3) is 0.286. The molecule has 0 aliphatic heterocycles. The number of ketones is 1. The van der Waals surface area contributed by atoms with Gasteiger partial charge < -0.3 is 15.2 Å². The quantitative estimate of drug-likeness (QED) is 0.370. The molecule has 0 aliphatic carbocycles. The Morgan fingerprint density at radius 2 is 2.05 bits per heavy atom. The average molecular weight is 290 g/mol. The van der Waals surface area contributed by atoms with Crippen LogP contribution >= 0.6 is 0 Å². The third-order valence-corrected chi connectivity index (χ3v) is 3.27. The number of benzene rings is 1. The summed E-state index contributed by atoms with van der Waals surface area (Å²) in [5.74, 6) is 0.294. The number of aliphatic hydroxyl groups excluding tert-OH is 1. The smallest absolute Gasteiger partial charge is 0.365 e. The van der Waals surface area contributed by atoms with Gasteiger partial charge in [-0.15, -0.1) is 0 Å². The number of aromatic nitrogens is 2. The summed E-state index contributed by atoms with van der Waals surface area (Å²) in [6.45, 7) is 1.62. The Hall–Kier alpha value is -2.54. The molecule has 0 spiro atoms. The van der Waals surface area contributed by atoms with Gasteiger partial charge in [0.25, 0.3) is 5.82 Å². The number of aliphatic hydroxyl groups is 1. The number of carbonyl (C=O) groups excluding carboxylic acids is 1. The summed E-state index contributed by atoms with van der Waals surface area (Å²) in [7, 11) is 0. The maximum Gasteiger partial charge on any atom is 0.365 e. The molecule has 7 nitrogen and oxygen atoms in total. The van der Waals surface area contributed by atoms with Crippen molar-refractivity contribution in [2.45, 2.75) is 20.0 Å². The Kier molecular flexibility index (Phi) is 4.44. The van der Waals surface area contributed by atoms with Crippen LogP contribution in [-0.4, -0.2) is 27.0 Å². The standard InChI is InChI=1S/C14H16N3O4/c1-11-15(9-13(19)12-5-3-2-4-6-12)10-14(17(20)21)16(11)7-8-18/h2-6,10,18H,7-9H2,1H3/q+1. The zero-order valence-electron chi connectivity index (χ0n) is 11.6. The van der Waals surface area contributed by atoms with Gasteiger partial charge in [-0.1, -0.05) is 30.3 Å². The third-order valence-electron chi connectivity index (χ3n) is 3.27. The fourth-order valence-electron chi connectivity index (χ4n) is 2.18. The van der Waals surface area contributed by atoms with E-state index >= 15 is 0 Å². The monoisotopic (exact) mass is 290 g/mol. The van der Waals surface area contributed by atoms with Crippen molar-refractivity contribution in [3.8, 4) is 0 Å². The lowest BCUT2D eigenvalue weighted by Gasteiger charge is -2.00. The highest BCUT2D eigenvalue weighted by molar-refractivity contribution is 5.94. The second-order valence-corrected chi connectivity index (χ2v) is 4.58. The number of hydrogen-bond acceptors (Lipinski definition) is 4. The van der Waals surface area contributed by atoms with E-state index < -0.39 is 4.92 Å². The highest BCUT2D eigenvalue weighted by Crippen LogP contribution is 2.12. The number of carbonyl (C=O) groups is 1. The van der Waals surface area contributed by atoms with Crippen LogP contribution in [0.25, 0.3) is 0 Å². The lowest BCUT2D eigenvalue weighted by Crippen LogP contribution is -2.39. The summed E-state index contributed by atoms with van der Waals surface area (Å²) >= 11 is 0. The molecule has 0 saturated heterocycles. The van der Waals surface area contributed by atoms with Gasteiger partial charge in [-0.05, 0) is 4.92 Å². The highest BCUT2D eigenvalue weighted by Gasteiger charge is 2.25. The first-order chi connectivity index (χ1) is 10.0. The molecule has 1 aromatic carbocycles. The van der Waals surface area contributed by atoms with Crippen LogP contribution in [0.3, 0.4) is 0 Å². The summed E-state index contributed by atoms with van der Waals surface area (Å²) in [5.41, 5.74) is 0.557. The second kappa shape index (κ2) is 6.27. The SMILES string of the molecule is Cc1n(CCO)c([N+](=O)[O-])c[n+]1CC(=O)c1ccccc1. The number of nitro groups is 1. The van der Waals surface area contributed by atoms with E-state index in [9.17, 15) is 14.9 Å². The molecule has 1 heterocycles. The van der Waals surface area contributed by atoms with Gasteiger partial charge in [0, 0.05) is 12.5 Å². The summed E-state index contributed by atoms with van der Waals surface area (Å²) in [6.07, 6.45) is 1.33. The molecule has 0 atom stereocenters. The molecule has 1 N–H and O–H groups in total. The van der Waals surface area contributed by atoms with Gasteiger partial charge in [-0.2, -0.15) is 4.57 Å². The Balaban J connectivity index is 2.30. The first kappa shape index (κ1) is 14.9. The summed E-state index contributed by atoms with van der Waals surface area (Å²) in [5, 5.41) is 20.0. The number of imidazole rings is 1. The molecular formula is C14H16N3O4+. The van der Waals surface area contributed by atoms with Gasteiger partial charge in [0.2, 0.25) is 5.78 Å². The van der Waals surface area contributed by atoms with Crippen molar-refractivity contribution < 1.29 is 19.4 Å². The van der Waals surface area contributed by atoms with Crippen LogP contribution in [0, 0.1) is 17.0 Å². The molecule has 2 rings (SSSR count). The van der Waals surface area contributed by atoms with Crippen molar-refractivity contribution in [1.29, 1.82) is 0 Å². The Morgan fingerprint density at radius 3 is 2.62 bits per heavy atom. The average Bonchev–Trinajstić information content (AvgIpc) is 2.78. The minimum absolute atomic E-state index is 0.0229. The zero-order valence-corrected chi connectivity index (χ0v) is 11.6. The number of hydrogen-bond donors (Lipinski definition) is 1. The van der Waals surface area contributed by atoms with Crippen LogP contribution in [-0.2, 0) is 13.1 Å². The predicted molar refractivity (Wildman–Crippen MR) is 73.9 cm³/mol. The van der Waals surface area contributed by atoms with E-state index in [1.165, 1.54) is 15.3 Å². The molecule has 21 heavy (non-hydrogen) atoms. The third kappa shape index (κ3) is 3.14. The van der Waals surface area contributed by atoms with Crippen LogP contribution in [0.15, 0.2) is 36.5 Å². The largest absolute Gasteiger partial charge is 0.392 e. The lowest BCUT2D eigenvalue weighted by molar-refractivity contribution is -0.689. The maximum absolute atomic E-state index is 12.2. The molecule has 0 bridgehead atoms. The number of Topliss-reactive ketones (excluding diaryl/α,β-unsaturated/α-hetero) is 1. The van der Waals surface area contributed by atoms with Crippen molar-refractivity contribution in [2.24, 2.45) is 0 Å². The number of rotatable bonds is 6. The molecule has 0 amide bonds. The van der Waals surface area contributed by atoms with Crippen molar-refractivity contribution in [3.63, 3.8) is 0 Å². The molecule has 1 aromatic heterocycles. The van der Waals surface area contributed by atoms with E-state index in [4.69, 9.17) is 5.11 Å². The highest BCUT2D eigenvalue weighted by atomic mass is 16.6. The minimum Gasteiger partial charge on any atom is -0.392 e. The van der Waals surface area contributed by atoms with Crippen molar-refractivity contribution >= 4 is 11.6 Å². The van der Waals surface area contributed by atoms with Gasteiger partial charge in [0.05, 0.1) is 6.61 Å². The lowest BCUT2D eigenvalue weighted by atomic mass is 10.1. The summed E-state index contributed by atoms with van der Waals surface area (Å²) in [4.78, 5) is 22.7. The summed E-state index contributed by atoms with van der Waals surface area (Å²) in [6, 6.07) is 8.76. The van der Waals surface area contributed by atoms with Gasteiger partial charge in [0.15, 0.2) is 12.7 Å². The van der Waals surface area contributed by atoms with E-state index in [0.717, 1.165) is 0 Å². The summed E-state index contributed by atoms with van der Waals surface area (Å²) < 4.78 is 2.92. The Morgan fingerprint density at radius 1 is 1.38 bits per heavy atom. The topological polar surface area (TPSA) is 89.2 Å². The van der Waals surface area contributed by atoms with E-state index in [2.05, 4.69) is 0 Å². The predicted octanol–water partition coefficient (Wildman–Crippen LogP) is 0.867. The molecule has 0 saturated carbocycles. The van der Waals surface area contributed by atoms with Crippen molar-refractivity contribution in [1.82, 2.24) is 4.57 Å². The minimum atomic E-state index is -0.522. The number of nitrogens with zero attached hydrogens (tertiary/aromatic N) is 3. The maximum atomic E-state index is 12.2. The van der Waals surface area contributed by atoms with Gasteiger partial charge in [0.1, 0.15) is 6.54 Å². The molecule has 0 unspecified atom stereocenters.